The van der Waals surface area contributed by atoms with Crippen molar-refractivity contribution in [3.63, 3.8) is 0 Å². The van der Waals surface area contributed by atoms with Gasteiger partial charge in [-0.1, -0.05) is 13.8 Å². The van der Waals surface area contributed by atoms with Crippen LogP contribution in [0.1, 0.15) is 26.0 Å². The predicted octanol–water partition coefficient (Wildman–Crippen LogP) is 1.58. The highest BCUT2D eigenvalue weighted by atomic mass is 16.5. The summed E-state index contributed by atoms with van der Waals surface area (Å²) in [7, 11) is 1.60. The molecule has 0 aliphatic carbocycles. The Labute approximate surface area is 103 Å². The molecule has 1 atom stereocenters. The summed E-state index contributed by atoms with van der Waals surface area (Å²) in [5, 5.41) is 3.25. The maximum absolute atomic E-state index is 5.73. The summed E-state index contributed by atoms with van der Waals surface area (Å²) in [5.74, 6) is 1.74. The molecule has 1 heterocycles. The fourth-order valence-electron chi connectivity index (χ4n) is 1.67. The third kappa shape index (κ3) is 4.56. The van der Waals surface area contributed by atoms with Crippen molar-refractivity contribution in [1.29, 1.82) is 0 Å². The van der Waals surface area contributed by atoms with Crippen molar-refractivity contribution < 1.29 is 4.74 Å². The Kier molecular flexibility index (Phi) is 5.15. The minimum Gasteiger partial charge on any atom is -0.481 e. The Morgan fingerprint density at radius 3 is 2.65 bits per heavy atom. The summed E-state index contributed by atoms with van der Waals surface area (Å²) in [6.07, 6.45) is 0.996. The van der Waals surface area contributed by atoms with Crippen molar-refractivity contribution in [2.75, 3.05) is 19.0 Å². The predicted molar refractivity (Wildman–Crippen MR) is 69.2 cm³/mol. The van der Waals surface area contributed by atoms with Gasteiger partial charge >= 0.3 is 0 Å². The van der Waals surface area contributed by atoms with Crippen molar-refractivity contribution in [2.24, 2.45) is 11.7 Å². The third-order valence-electron chi connectivity index (χ3n) is 2.41. The van der Waals surface area contributed by atoms with Crippen LogP contribution < -0.4 is 15.8 Å². The number of aromatic nitrogens is 2. The molecular weight excluding hydrogens is 216 g/mol. The first-order valence-corrected chi connectivity index (χ1v) is 5.91. The van der Waals surface area contributed by atoms with E-state index in [2.05, 4.69) is 29.1 Å². The van der Waals surface area contributed by atoms with Crippen molar-refractivity contribution in [2.45, 2.75) is 33.2 Å². The number of nitrogens with one attached hydrogen (secondary N) is 1. The van der Waals surface area contributed by atoms with Gasteiger partial charge in [0.25, 0.3) is 0 Å². The van der Waals surface area contributed by atoms with Crippen LogP contribution in [0.3, 0.4) is 0 Å². The lowest BCUT2D eigenvalue weighted by molar-refractivity contribution is 0.396. The van der Waals surface area contributed by atoms with E-state index in [1.807, 2.05) is 6.92 Å². The van der Waals surface area contributed by atoms with Gasteiger partial charge in [0.2, 0.25) is 11.8 Å². The van der Waals surface area contributed by atoms with Gasteiger partial charge in [-0.25, -0.2) is 4.98 Å². The first-order chi connectivity index (χ1) is 8.05. The summed E-state index contributed by atoms with van der Waals surface area (Å²) in [4.78, 5) is 8.57. The zero-order valence-electron chi connectivity index (χ0n) is 11.0. The molecule has 0 aliphatic heterocycles. The molecule has 0 amide bonds. The molecule has 1 aromatic heterocycles. The standard InChI is InChI=1S/C12H22N4O/c1-8(2)5-10(7-13)15-12-14-9(3)6-11(16-12)17-4/h6,8,10H,5,7,13H2,1-4H3,(H,14,15,16). The topological polar surface area (TPSA) is 73.1 Å². The van der Waals surface area contributed by atoms with Crippen LogP contribution in [-0.4, -0.2) is 29.7 Å². The molecular formula is C12H22N4O. The molecule has 0 radical (unpaired) electrons. The third-order valence-corrected chi connectivity index (χ3v) is 2.41. The lowest BCUT2D eigenvalue weighted by Gasteiger charge is -2.19. The van der Waals surface area contributed by atoms with Crippen LogP contribution in [0, 0.1) is 12.8 Å². The molecule has 1 unspecified atom stereocenters. The highest BCUT2D eigenvalue weighted by Gasteiger charge is 2.11. The number of anilines is 1. The van der Waals surface area contributed by atoms with Gasteiger partial charge in [-0.05, 0) is 19.3 Å². The van der Waals surface area contributed by atoms with Crippen LogP contribution in [0.15, 0.2) is 6.07 Å². The molecule has 17 heavy (non-hydrogen) atoms. The fourth-order valence-corrected chi connectivity index (χ4v) is 1.67. The van der Waals surface area contributed by atoms with Gasteiger partial charge in [-0.3, -0.25) is 0 Å². The number of hydrogen-bond acceptors (Lipinski definition) is 5. The van der Waals surface area contributed by atoms with Gasteiger partial charge in [0, 0.05) is 24.3 Å². The molecule has 96 valence electrons. The Hall–Kier alpha value is -1.36. The first-order valence-electron chi connectivity index (χ1n) is 5.91. The zero-order valence-corrected chi connectivity index (χ0v) is 11.0. The summed E-state index contributed by atoms with van der Waals surface area (Å²) in [6, 6.07) is 1.99. The maximum atomic E-state index is 5.73. The van der Waals surface area contributed by atoms with Crippen LogP contribution in [-0.2, 0) is 0 Å². The molecule has 5 nitrogen and oxygen atoms in total. The lowest BCUT2D eigenvalue weighted by atomic mass is 10.0. The Balaban J connectivity index is 2.74. The van der Waals surface area contributed by atoms with E-state index in [4.69, 9.17) is 10.5 Å². The Morgan fingerprint density at radius 1 is 1.41 bits per heavy atom. The molecule has 0 saturated heterocycles. The highest BCUT2D eigenvalue weighted by molar-refractivity contribution is 5.31. The molecule has 0 aromatic carbocycles. The van der Waals surface area contributed by atoms with E-state index in [1.54, 1.807) is 13.2 Å². The minimum absolute atomic E-state index is 0.196. The average Bonchev–Trinajstić information content (AvgIpc) is 2.26. The van der Waals surface area contributed by atoms with Gasteiger partial charge < -0.3 is 15.8 Å². The molecule has 0 aliphatic rings. The number of rotatable bonds is 6. The van der Waals surface area contributed by atoms with Gasteiger partial charge in [0.1, 0.15) is 0 Å². The van der Waals surface area contributed by atoms with Gasteiger partial charge in [0.05, 0.1) is 7.11 Å². The van der Waals surface area contributed by atoms with Gasteiger partial charge in [-0.15, -0.1) is 0 Å². The highest BCUT2D eigenvalue weighted by Crippen LogP contribution is 2.14. The maximum Gasteiger partial charge on any atom is 0.226 e. The van der Waals surface area contributed by atoms with Crippen LogP contribution in [0.2, 0.25) is 0 Å². The van der Waals surface area contributed by atoms with Crippen LogP contribution in [0.4, 0.5) is 5.95 Å². The lowest BCUT2D eigenvalue weighted by Crippen LogP contribution is -2.31. The molecule has 0 saturated carbocycles. The summed E-state index contributed by atoms with van der Waals surface area (Å²) in [5.41, 5.74) is 6.60. The van der Waals surface area contributed by atoms with Crippen molar-refractivity contribution in [1.82, 2.24) is 9.97 Å². The molecule has 0 bridgehead atoms. The van der Waals surface area contributed by atoms with Crippen LogP contribution in [0.25, 0.3) is 0 Å². The van der Waals surface area contributed by atoms with E-state index in [0.29, 0.717) is 24.3 Å². The number of hydrogen-bond donors (Lipinski definition) is 2. The number of ether oxygens (including phenoxy) is 1. The normalized spacial score (nSPS) is 12.6. The molecule has 1 aromatic rings. The van der Waals surface area contributed by atoms with E-state index in [1.165, 1.54) is 0 Å². The van der Waals surface area contributed by atoms with E-state index >= 15 is 0 Å². The summed E-state index contributed by atoms with van der Waals surface area (Å²) >= 11 is 0. The molecule has 5 heteroatoms. The summed E-state index contributed by atoms with van der Waals surface area (Å²) in [6.45, 7) is 6.82. The zero-order chi connectivity index (χ0) is 12.8. The number of nitrogens with zero attached hydrogens (tertiary/aromatic N) is 2. The number of nitrogens with two attached hydrogens (primary N) is 1. The van der Waals surface area contributed by atoms with E-state index in [9.17, 15) is 0 Å². The largest absolute Gasteiger partial charge is 0.481 e. The van der Waals surface area contributed by atoms with E-state index < -0.39 is 0 Å². The second-order valence-corrected chi connectivity index (χ2v) is 4.58. The average molecular weight is 238 g/mol. The number of aryl methyl sites for hydroxylation is 1. The smallest absolute Gasteiger partial charge is 0.226 e. The quantitative estimate of drug-likeness (QED) is 0.787. The Bertz CT molecular complexity index is 354. The van der Waals surface area contributed by atoms with Crippen molar-refractivity contribution in [3.05, 3.63) is 11.8 Å². The summed E-state index contributed by atoms with van der Waals surface area (Å²) < 4.78 is 5.11. The first kappa shape index (κ1) is 13.7. The SMILES string of the molecule is COc1cc(C)nc(NC(CN)CC(C)C)n1. The van der Waals surface area contributed by atoms with Gasteiger partial charge in [-0.2, -0.15) is 4.98 Å². The minimum atomic E-state index is 0.196. The Morgan fingerprint density at radius 2 is 2.12 bits per heavy atom. The molecule has 0 fully saturated rings. The van der Waals surface area contributed by atoms with Crippen molar-refractivity contribution in [3.8, 4) is 5.88 Å². The molecule has 1 rings (SSSR count). The fraction of sp³-hybridized carbons (Fsp3) is 0.667. The second-order valence-electron chi connectivity index (χ2n) is 4.58. The molecule has 3 N–H and O–H groups in total. The second kappa shape index (κ2) is 6.39. The van der Waals surface area contributed by atoms with E-state index in [0.717, 1.165) is 12.1 Å². The van der Waals surface area contributed by atoms with Gasteiger partial charge in [0.15, 0.2) is 0 Å². The van der Waals surface area contributed by atoms with E-state index in [-0.39, 0.29) is 6.04 Å². The van der Waals surface area contributed by atoms with Crippen LogP contribution >= 0.6 is 0 Å². The number of methoxy groups -OCH3 is 1. The molecule has 0 spiro atoms. The van der Waals surface area contributed by atoms with Crippen LogP contribution in [0.5, 0.6) is 5.88 Å². The van der Waals surface area contributed by atoms with Crippen molar-refractivity contribution >= 4 is 5.95 Å². The monoisotopic (exact) mass is 238 g/mol.